The van der Waals surface area contributed by atoms with E-state index in [9.17, 15) is 5.21 Å². The molecule has 0 unspecified atom stereocenters. The fourth-order valence-corrected chi connectivity index (χ4v) is 1.96. The molecule has 0 saturated heterocycles. The molecule has 19 heavy (non-hydrogen) atoms. The number of aromatic nitrogens is 3. The third-order valence-corrected chi connectivity index (χ3v) is 2.87. The molecule has 0 saturated carbocycles. The highest BCUT2D eigenvalue weighted by atomic mass is 16.5. The molecule has 0 N–H and O–H groups in total. The Labute approximate surface area is 110 Å². The molecule has 3 rings (SSSR count). The van der Waals surface area contributed by atoms with Gasteiger partial charge in [-0.1, -0.05) is 0 Å². The number of nitrogens with zero attached hydrogens (tertiary/aromatic N) is 3. The zero-order valence-electron chi connectivity index (χ0n) is 10.1. The second-order valence-corrected chi connectivity index (χ2v) is 4.14. The Morgan fingerprint density at radius 2 is 1.11 bits per heavy atom. The lowest BCUT2D eigenvalue weighted by Crippen LogP contribution is -2.25. The predicted molar refractivity (Wildman–Crippen MR) is 71.9 cm³/mol. The summed E-state index contributed by atoms with van der Waals surface area (Å²) >= 11 is 0. The fourth-order valence-electron chi connectivity index (χ4n) is 1.96. The number of pyridine rings is 3. The van der Waals surface area contributed by atoms with Gasteiger partial charge in [-0.25, -0.2) is 0 Å². The van der Waals surface area contributed by atoms with Crippen LogP contribution in [0.5, 0.6) is 0 Å². The summed E-state index contributed by atoms with van der Waals surface area (Å²) in [5.74, 6) is 0. The minimum Gasteiger partial charge on any atom is -0.619 e. The van der Waals surface area contributed by atoms with Crippen molar-refractivity contribution in [1.82, 2.24) is 9.97 Å². The normalized spacial score (nSPS) is 10.3. The van der Waals surface area contributed by atoms with E-state index in [1.165, 1.54) is 0 Å². The van der Waals surface area contributed by atoms with Crippen LogP contribution in [0.1, 0.15) is 0 Å². The van der Waals surface area contributed by atoms with E-state index >= 15 is 0 Å². The average molecular weight is 249 g/mol. The van der Waals surface area contributed by atoms with Crippen molar-refractivity contribution in [3.8, 4) is 22.3 Å². The first-order valence-electron chi connectivity index (χ1n) is 5.87. The predicted octanol–water partition coefficient (Wildman–Crippen LogP) is 2.44. The summed E-state index contributed by atoms with van der Waals surface area (Å²) in [6.45, 7) is 0. The minimum absolute atomic E-state index is 0.825. The average Bonchev–Trinajstić information content (AvgIpc) is 2.48. The molecule has 0 aliphatic carbocycles. The van der Waals surface area contributed by atoms with Crippen LogP contribution in [-0.2, 0) is 0 Å². The second kappa shape index (κ2) is 4.86. The highest BCUT2D eigenvalue weighted by Crippen LogP contribution is 2.23. The van der Waals surface area contributed by atoms with Gasteiger partial charge in [0.05, 0.1) is 0 Å². The molecule has 3 heterocycles. The van der Waals surface area contributed by atoms with Crippen LogP contribution >= 0.6 is 0 Å². The van der Waals surface area contributed by atoms with Crippen molar-refractivity contribution < 1.29 is 4.73 Å². The maximum absolute atomic E-state index is 11.7. The molecule has 0 aliphatic heterocycles. The van der Waals surface area contributed by atoms with Gasteiger partial charge in [0.15, 0.2) is 12.4 Å². The Morgan fingerprint density at radius 3 is 1.53 bits per heavy atom. The van der Waals surface area contributed by atoms with Crippen LogP contribution < -0.4 is 4.73 Å². The van der Waals surface area contributed by atoms with Crippen molar-refractivity contribution >= 4 is 0 Å². The Kier molecular flexibility index (Phi) is 2.90. The van der Waals surface area contributed by atoms with Gasteiger partial charge in [0, 0.05) is 35.9 Å². The zero-order chi connectivity index (χ0) is 13.1. The van der Waals surface area contributed by atoms with Crippen LogP contribution in [0.4, 0.5) is 0 Å². The van der Waals surface area contributed by atoms with Crippen LogP contribution in [0, 0.1) is 5.21 Å². The first-order valence-corrected chi connectivity index (χ1v) is 5.87. The van der Waals surface area contributed by atoms with Gasteiger partial charge in [0.2, 0.25) is 0 Å². The topological polar surface area (TPSA) is 52.7 Å². The maximum atomic E-state index is 11.7. The van der Waals surface area contributed by atoms with Crippen molar-refractivity contribution in [1.29, 1.82) is 0 Å². The molecule has 0 aliphatic rings. The summed E-state index contributed by atoms with van der Waals surface area (Å²) in [6.07, 6.45) is 9.96. The summed E-state index contributed by atoms with van der Waals surface area (Å²) in [5, 5.41) is 11.7. The summed E-state index contributed by atoms with van der Waals surface area (Å²) in [5.41, 5.74) is 3.67. The summed E-state index contributed by atoms with van der Waals surface area (Å²) in [4.78, 5) is 7.96. The number of hydrogen-bond donors (Lipinski definition) is 0. The highest BCUT2D eigenvalue weighted by molar-refractivity contribution is 5.70. The summed E-state index contributed by atoms with van der Waals surface area (Å²) < 4.78 is 0.825. The molecule has 0 spiro atoms. The van der Waals surface area contributed by atoms with Crippen LogP contribution in [0.25, 0.3) is 22.3 Å². The largest absolute Gasteiger partial charge is 0.619 e. The van der Waals surface area contributed by atoms with Crippen molar-refractivity contribution in [2.45, 2.75) is 0 Å². The number of rotatable bonds is 2. The minimum atomic E-state index is 0.825. The van der Waals surface area contributed by atoms with E-state index in [4.69, 9.17) is 0 Å². The lowest BCUT2D eigenvalue weighted by Gasteiger charge is -2.06. The van der Waals surface area contributed by atoms with Gasteiger partial charge in [-0.3, -0.25) is 9.97 Å². The third-order valence-electron chi connectivity index (χ3n) is 2.87. The molecule has 3 aromatic heterocycles. The van der Waals surface area contributed by atoms with Crippen LogP contribution in [-0.4, -0.2) is 9.97 Å². The highest BCUT2D eigenvalue weighted by Gasteiger charge is 2.07. The molecule has 0 amide bonds. The molecule has 0 atom stereocenters. The van der Waals surface area contributed by atoms with E-state index in [2.05, 4.69) is 9.97 Å². The maximum Gasteiger partial charge on any atom is 0.188 e. The molecular formula is C15H11N3O. The Hall–Kier alpha value is -2.75. The van der Waals surface area contributed by atoms with Gasteiger partial charge in [-0.05, 0) is 41.5 Å². The van der Waals surface area contributed by atoms with E-state index < -0.39 is 0 Å². The molecule has 4 heteroatoms. The Balaban J connectivity index is 2.12. The molecule has 0 fully saturated rings. The molecule has 0 radical (unpaired) electrons. The molecule has 3 aromatic rings. The first kappa shape index (κ1) is 11.3. The van der Waals surface area contributed by atoms with Crippen LogP contribution in [0.2, 0.25) is 0 Å². The van der Waals surface area contributed by atoms with Gasteiger partial charge in [-0.2, -0.15) is 4.73 Å². The fraction of sp³-hybridized carbons (Fsp3) is 0. The summed E-state index contributed by atoms with van der Waals surface area (Å²) in [7, 11) is 0. The van der Waals surface area contributed by atoms with Gasteiger partial charge < -0.3 is 5.21 Å². The van der Waals surface area contributed by atoms with E-state index in [0.29, 0.717) is 0 Å². The second-order valence-electron chi connectivity index (χ2n) is 4.14. The smallest absolute Gasteiger partial charge is 0.188 e. The first-order chi connectivity index (χ1) is 9.33. The van der Waals surface area contributed by atoms with Crippen molar-refractivity contribution in [3.05, 3.63) is 72.7 Å². The van der Waals surface area contributed by atoms with Gasteiger partial charge in [0.25, 0.3) is 0 Å². The quantitative estimate of drug-likeness (QED) is 0.517. The van der Waals surface area contributed by atoms with Gasteiger partial charge >= 0.3 is 0 Å². The van der Waals surface area contributed by atoms with E-state index in [-0.39, 0.29) is 0 Å². The monoisotopic (exact) mass is 249 g/mol. The molecule has 92 valence electrons. The van der Waals surface area contributed by atoms with E-state index in [0.717, 1.165) is 27.0 Å². The standard InChI is InChI=1S/C15H11N3O/c19-18-10-14(12-1-5-16-6-2-12)9-15(11-18)13-3-7-17-8-4-13/h1-11H. The van der Waals surface area contributed by atoms with Gasteiger partial charge in [0.1, 0.15) is 0 Å². The molecule has 4 nitrogen and oxygen atoms in total. The molecule has 0 bridgehead atoms. The van der Waals surface area contributed by atoms with Crippen molar-refractivity contribution in [2.24, 2.45) is 0 Å². The molecule has 0 aromatic carbocycles. The van der Waals surface area contributed by atoms with Crippen molar-refractivity contribution in [3.63, 3.8) is 0 Å². The lowest BCUT2D eigenvalue weighted by atomic mass is 10.0. The van der Waals surface area contributed by atoms with Crippen LogP contribution in [0.15, 0.2) is 67.5 Å². The third kappa shape index (κ3) is 2.42. The molecular weight excluding hydrogens is 238 g/mol. The SMILES string of the molecule is [O-][n+]1cc(-c2ccncc2)cc(-c2ccncc2)c1. The van der Waals surface area contributed by atoms with Crippen molar-refractivity contribution in [2.75, 3.05) is 0 Å². The van der Waals surface area contributed by atoms with Gasteiger partial charge in [-0.15, -0.1) is 0 Å². The summed E-state index contributed by atoms with van der Waals surface area (Å²) in [6, 6.07) is 9.51. The zero-order valence-corrected chi connectivity index (χ0v) is 10.1. The Morgan fingerprint density at radius 1 is 0.684 bits per heavy atom. The number of hydrogen-bond acceptors (Lipinski definition) is 3. The Bertz CT molecular complexity index is 627. The van der Waals surface area contributed by atoms with E-state index in [1.54, 1.807) is 37.2 Å². The lowest BCUT2D eigenvalue weighted by molar-refractivity contribution is -0.604. The van der Waals surface area contributed by atoms with Crippen LogP contribution in [0.3, 0.4) is 0 Å². The van der Waals surface area contributed by atoms with E-state index in [1.807, 2.05) is 30.3 Å².